The van der Waals surface area contributed by atoms with Crippen LogP contribution in [0.25, 0.3) is 11.1 Å². The number of nitriles is 1. The number of nitrogens with zero attached hydrogens (tertiary/aromatic N) is 3. The number of alkyl halides is 2. The highest BCUT2D eigenvalue weighted by Crippen LogP contribution is 2.35. The molecule has 2 aliphatic rings. The molecule has 0 radical (unpaired) electrons. The monoisotopic (exact) mass is 442 g/mol. The number of carbonyl (C=O) groups excluding carboxylic acids is 1. The number of ether oxygens (including phenoxy) is 1. The minimum Gasteiger partial charge on any atom is -0.486 e. The molecule has 10 heteroatoms. The third kappa shape index (κ3) is 4.61. The molecule has 1 aliphatic carbocycles. The van der Waals surface area contributed by atoms with Crippen molar-refractivity contribution in [1.29, 1.82) is 5.26 Å². The van der Waals surface area contributed by atoms with Crippen LogP contribution in [0.15, 0.2) is 36.5 Å². The Labute approximate surface area is 182 Å². The zero-order valence-corrected chi connectivity index (χ0v) is 16.9. The van der Waals surface area contributed by atoms with Gasteiger partial charge in [0.05, 0.1) is 18.0 Å². The molecule has 166 valence electrons. The van der Waals surface area contributed by atoms with Crippen LogP contribution in [0.4, 0.5) is 19.4 Å². The molecule has 1 saturated heterocycles. The number of hydrogen-bond acceptors (Lipinski definition) is 5. The van der Waals surface area contributed by atoms with Gasteiger partial charge >= 0.3 is 6.09 Å². The third-order valence-corrected chi connectivity index (χ3v) is 5.52. The van der Waals surface area contributed by atoms with Gasteiger partial charge in [0.2, 0.25) is 5.91 Å². The Kier molecular flexibility index (Phi) is 5.90. The lowest BCUT2D eigenvalue weighted by Crippen LogP contribution is -2.48. The first-order valence-corrected chi connectivity index (χ1v) is 10.1. The lowest BCUT2D eigenvalue weighted by molar-refractivity contribution is -0.117. The fourth-order valence-electron chi connectivity index (χ4n) is 3.59. The lowest BCUT2D eigenvalue weighted by Gasteiger charge is -2.33. The van der Waals surface area contributed by atoms with Crippen LogP contribution in [0.1, 0.15) is 18.4 Å². The molecule has 32 heavy (non-hydrogen) atoms. The molecule has 2 amide bonds. The second kappa shape index (κ2) is 8.78. The topological polar surface area (TPSA) is 116 Å². The molecule has 1 aromatic heterocycles. The molecule has 1 aromatic carbocycles. The first-order chi connectivity index (χ1) is 15.4. The van der Waals surface area contributed by atoms with Crippen molar-refractivity contribution in [3.63, 3.8) is 0 Å². The predicted molar refractivity (Wildman–Crippen MR) is 110 cm³/mol. The number of likely N-dealkylation sites (tertiary alicyclic amines) is 1. The smallest absolute Gasteiger partial charge is 0.407 e. The van der Waals surface area contributed by atoms with Crippen LogP contribution in [0.5, 0.6) is 5.75 Å². The van der Waals surface area contributed by atoms with Crippen LogP contribution in [-0.2, 0) is 4.79 Å². The van der Waals surface area contributed by atoms with Crippen molar-refractivity contribution in [3.8, 4) is 22.9 Å². The number of carboxylic acid groups (broad SMARTS) is 1. The Balaban J connectivity index is 1.48. The van der Waals surface area contributed by atoms with Gasteiger partial charge in [-0.3, -0.25) is 4.79 Å². The van der Waals surface area contributed by atoms with E-state index in [1.54, 1.807) is 30.3 Å². The zero-order chi connectivity index (χ0) is 22.8. The van der Waals surface area contributed by atoms with Gasteiger partial charge in [-0.05, 0) is 41.8 Å². The highest BCUT2D eigenvalue weighted by Gasteiger charge is 2.43. The Morgan fingerprint density at radius 2 is 1.97 bits per heavy atom. The molecule has 4 atom stereocenters. The summed E-state index contributed by atoms with van der Waals surface area (Å²) in [6.45, 7) is -0.134. The lowest BCUT2D eigenvalue weighted by atomic mass is 10.0. The molecule has 4 rings (SSSR count). The SMILES string of the molecule is N#Cc1cc(-c2ccnc(NC(=O)[C@@H]3C[C@@H]3F)c2)ccc1O[C@H]1CCN(C(=O)O)C[C@H]1F. The van der Waals surface area contributed by atoms with Crippen molar-refractivity contribution in [3.05, 3.63) is 42.1 Å². The zero-order valence-electron chi connectivity index (χ0n) is 16.9. The summed E-state index contributed by atoms with van der Waals surface area (Å²) in [4.78, 5) is 28.0. The van der Waals surface area contributed by atoms with Gasteiger partial charge in [0.1, 0.15) is 29.9 Å². The molecule has 2 fully saturated rings. The summed E-state index contributed by atoms with van der Waals surface area (Å²) in [7, 11) is 0. The number of anilines is 1. The van der Waals surface area contributed by atoms with Crippen LogP contribution in [0.2, 0.25) is 0 Å². The van der Waals surface area contributed by atoms with Crippen LogP contribution in [0.3, 0.4) is 0 Å². The maximum Gasteiger partial charge on any atom is 0.407 e. The summed E-state index contributed by atoms with van der Waals surface area (Å²) >= 11 is 0. The molecule has 2 heterocycles. The van der Waals surface area contributed by atoms with E-state index in [1.165, 1.54) is 6.20 Å². The Morgan fingerprint density at radius 1 is 1.22 bits per heavy atom. The number of rotatable bonds is 5. The van der Waals surface area contributed by atoms with Crippen LogP contribution in [-0.4, -0.2) is 58.5 Å². The van der Waals surface area contributed by atoms with Gasteiger partial charge in [-0.25, -0.2) is 18.6 Å². The molecular weight excluding hydrogens is 422 g/mol. The van der Waals surface area contributed by atoms with Gasteiger partial charge in [0.25, 0.3) is 0 Å². The number of nitrogens with one attached hydrogen (secondary N) is 1. The van der Waals surface area contributed by atoms with Crippen LogP contribution < -0.4 is 10.1 Å². The maximum absolute atomic E-state index is 14.4. The van der Waals surface area contributed by atoms with Crippen molar-refractivity contribution in [2.24, 2.45) is 5.92 Å². The number of aromatic nitrogens is 1. The van der Waals surface area contributed by atoms with Gasteiger partial charge < -0.3 is 20.1 Å². The van der Waals surface area contributed by atoms with E-state index in [0.29, 0.717) is 11.1 Å². The van der Waals surface area contributed by atoms with E-state index in [2.05, 4.69) is 10.3 Å². The van der Waals surface area contributed by atoms with Crippen molar-refractivity contribution >= 4 is 17.8 Å². The van der Waals surface area contributed by atoms with Gasteiger partial charge in [0, 0.05) is 19.2 Å². The fourth-order valence-corrected chi connectivity index (χ4v) is 3.59. The molecule has 0 unspecified atom stereocenters. The van der Waals surface area contributed by atoms with E-state index in [0.717, 1.165) is 4.90 Å². The van der Waals surface area contributed by atoms with E-state index < -0.39 is 36.4 Å². The van der Waals surface area contributed by atoms with E-state index in [1.807, 2.05) is 6.07 Å². The highest BCUT2D eigenvalue weighted by atomic mass is 19.1. The largest absolute Gasteiger partial charge is 0.486 e. The van der Waals surface area contributed by atoms with Gasteiger partial charge in [-0.15, -0.1) is 0 Å². The summed E-state index contributed by atoms with van der Waals surface area (Å²) in [6.07, 6.45) is -2.76. The summed E-state index contributed by atoms with van der Waals surface area (Å²) in [6, 6.07) is 10.2. The van der Waals surface area contributed by atoms with E-state index >= 15 is 0 Å². The normalized spacial score (nSPS) is 24.3. The van der Waals surface area contributed by atoms with Crippen molar-refractivity contribution in [1.82, 2.24) is 9.88 Å². The van der Waals surface area contributed by atoms with E-state index in [-0.39, 0.29) is 43.1 Å². The minimum absolute atomic E-state index is 0.149. The summed E-state index contributed by atoms with van der Waals surface area (Å²) in [5, 5.41) is 21.1. The Morgan fingerprint density at radius 3 is 2.62 bits per heavy atom. The van der Waals surface area contributed by atoms with Crippen molar-refractivity contribution in [2.75, 3.05) is 18.4 Å². The Hall–Kier alpha value is -3.74. The third-order valence-electron chi connectivity index (χ3n) is 5.52. The minimum atomic E-state index is -1.51. The molecule has 2 N–H and O–H groups in total. The summed E-state index contributed by atoms with van der Waals surface area (Å²) < 4.78 is 33.2. The van der Waals surface area contributed by atoms with Gasteiger partial charge in [-0.2, -0.15) is 5.26 Å². The summed E-state index contributed by atoms with van der Waals surface area (Å²) in [5.74, 6) is -0.573. The van der Waals surface area contributed by atoms with Crippen molar-refractivity contribution < 1.29 is 28.2 Å². The first kappa shape index (κ1) is 21.5. The molecule has 8 nitrogen and oxygen atoms in total. The second-order valence-electron chi connectivity index (χ2n) is 7.79. The number of piperidine rings is 1. The number of carbonyl (C=O) groups is 2. The summed E-state index contributed by atoms with van der Waals surface area (Å²) in [5.41, 5.74) is 1.51. The van der Waals surface area contributed by atoms with Crippen LogP contribution in [0, 0.1) is 17.2 Å². The average Bonchev–Trinajstić information content (AvgIpc) is 3.52. The molecule has 0 spiro atoms. The first-order valence-electron chi connectivity index (χ1n) is 10.1. The fraction of sp³-hybridized carbons (Fsp3) is 0.364. The van der Waals surface area contributed by atoms with Crippen molar-refractivity contribution in [2.45, 2.75) is 31.3 Å². The standard InChI is InChI=1S/C22H20F2N4O4/c23-16-9-15(16)21(29)27-20-8-13(3-5-26-20)12-1-2-18(14(7-12)10-25)32-19-4-6-28(22(30)31)11-17(19)24/h1-3,5,7-8,15-17,19H,4,6,9,11H2,(H,30,31)(H,26,27,29)/t15-,16+,17-,19+/m1/s1. The molecular formula is C22H20F2N4O4. The number of pyridine rings is 1. The number of amides is 2. The highest BCUT2D eigenvalue weighted by molar-refractivity contribution is 5.94. The quantitative estimate of drug-likeness (QED) is 0.734. The van der Waals surface area contributed by atoms with Crippen LogP contribution >= 0.6 is 0 Å². The van der Waals surface area contributed by atoms with E-state index in [4.69, 9.17) is 9.84 Å². The molecule has 0 bridgehead atoms. The predicted octanol–water partition coefficient (Wildman–Crippen LogP) is 3.39. The number of hydrogen-bond donors (Lipinski definition) is 2. The van der Waals surface area contributed by atoms with Gasteiger partial charge in [0.15, 0.2) is 6.17 Å². The number of halogens is 2. The maximum atomic E-state index is 14.4. The van der Waals surface area contributed by atoms with Gasteiger partial charge in [-0.1, -0.05) is 6.07 Å². The second-order valence-corrected chi connectivity index (χ2v) is 7.79. The molecule has 1 saturated carbocycles. The van der Waals surface area contributed by atoms with E-state index in [9.17, 15) is 23.6 Å². The number of benzene rings is 1. The Bertz CT molecular complexity index is 1090. The molecule has 1 aliphatic heterocycles. The average molecular weight is 442 g/mol. The molecule has 2 aromatic rings.